The van der Waals surface area contributed by atoms with Crippen molar-refractivity contribution in [3.8, 4) is 0 Å². The van der Waals surface area contributed by atoms with Gasteiger partial charge in [0.15, 0.2) is 0 Å². The largest absolute Gasteiger partial charge is 0.398 e. The fraction of sp³-hybridized carbons (Fsp3) is 0.133. The van der Waals surface area contributed by atoms with Gasteiger partial charge in [0, 0.05) is 28.7 Å². The van der Waals surface area contributed by atoms with Crippen LogP contribution >= 0.6 is 11.8 Å². The van der Waals surface area contributed by atoms with Gasteiger partial charge in [-0.3, -0.25) is 0 Å². The number of nitrogens with zero attached hydrogens (tertiary/aromatic N) is 2. The van der Waals surface area contributed by atoms with Gasteiger partial charge in [0.2, 0.25) is 0 Å². The molecule has 0 aliphatic carbocycles. The Morgan fingerprint density at radius 2 is 2.10 bits per heavy atom. The van der Waals surface area contributed by atoms with Crippen LogP contribution in [0.25, 0.3) is 5.65 Å². The molecule has 0 aliphatic rings. The number of thioether (sulfide) groups is 1. The molecule has 3 nitrogen and oxygen atoms in total. The fourth-order valence-corrected chi connectivity index (χ4v) is 2.88. The van der Waals surface area contributed by atoms with E-state index in [0.717, 1.165) is 16.2 Å². The number of hydrogen-bond acceptors (Lipinski definition) is 3. The van der Waals surface area contributed by atoms with E-state index in [2.05, 4.69) is 4.98 Å². The van der Waals surface area contributed by atoms with E-state index >= 15 is 0 Å². The number of imidazole rings is 1. The zero-order chi connectivity index (χ0) is 14.1. The van der Waals surface area contributed by atoms with Crippen LogP contribution in [0.5, 0.6) is 0 Å². The maximum absolute atomic E-state index is 13.2. The number of rotatable bonds is 3. The van der Waals surface area contributed by atoms with E-state index in [9.17, 15) is 4.39 Å². The van der Waals surface area contributed by atoms with Gasteiger partial charge in [0.05, 0.1) is 5.69 Å². The van der Waals surface area contributed by atoms with Crippen molar-refractivity contribution in [2.24, 2.45) is 0 Å². The molecule has 5 heteroatoms. The molecule has 2 aromatic heterocycles. The van der Waals surface area contributed by atoms with Gasteiger partial charge >= 0.3 is 0 Å². The lowest BCUT2D eigenvalue weighted by Crippen LogP contribution is -1.90. The standard InChI is InChI=1S/C15H14FN3S/c1-10-2-5-15-18-12(8-19(15)7-10)9-20-14-6-11(16)3-4-13(14)17/h2-8H,9,17H2,1H3. The summed E-state index contributed by atoms with van der Waals surface area (Å²) in [5.74, 6) is 0.390. The number of hydrogen-bond donors (Lipinski definition) is 1. The molecule has 0 bridgehead atoms. The molecule has 0 fully saturated rings. The Balaban J connectivity index is 1.81. The number of benzene rings is 1. The number of nitrogen functional groups attached to an aromatic ring is 1. The first-order chi connectivity index (χ1) is 9.61. The van der Waals surface area contributed by atoms with Crippen molar-refractivity contribution in [3.05, 3.63) is 59.8 Å². The molecule has 1 aromatic carbocycles. The highest BCUT2D eigenvalue weighted by molar-refractivity contribution is 7.98. The molecular weight excluding hydrogens is 273 g/mol. The van der Waals surface area contributed by atoms with Crippen LogP contribution in [-0.2, 0) is 5.75 Å². The number of fused-ring (bicyclic) bond motifs is 1. The molecule has 0 aliphatic heterocycles. The molecule has 2 heterocycles. The lowest BCUT2D eigenvalue weighted by molar-refractivity contribution is 0.624. The molecule has 0 saturated heterocycles. The van der Waals surface area contributed by atoms with Gasteiger partial charge in [-0.2, -0.15) is 0 Å². The third kappa shape index (κ3) is 2.63. The van der Waals surface area contributed by atoms with Crippen molar-refractivity contribution in [2.45, 2.75) is 17.6 Å². The molecule has 0 amide bonds. The van der Waals surface area contributed by atoms with Crippen LogP contribution < -0.4 is 5.73 Å². The number of halogens is 1. The van der Waals surface area contributed by atoms with E-state index in [0.29, 0.717) is 11.4 Å². The summed E-state index contributed by atoms with van der Waals surface area (Å²) in [6.07, 6.45) is 4.03. The summed E-state index contributed by atoms with van der Waals surface area (Å²) in [5.41, 5.74) is 9.48. The SMILES string of the molecule is Cc1ccc2nc(CSc3cc(F)ccc3N)cn2c1. The molecule has 3 aromatic rings. The van der Waals surface area contributed by atoms with E-state index in [1.165, 1.54) is 29.5 Å². The highest BCUT2D eigenvalue weighted by Gasteiger charge is 2.06. The second-order valence-electron chi connectivity index (χ2n) is 4.67. The summed E-state index contributed by atoms with van der Waals surface area (Å²) < 4.78 is 15.2. The van der Waals surface area contributed by atoms with Gasteiger partial charge < -0.3 is 10.1 Å². The van der Waals surface area contributed by atoms with Gasteiger partial charge in [0.25, 0.3) is 0 Å². The minimum absolute atomic E-state index is 0.271. The number of aryl methyl sites for hydroxylation is 1. The zero-order valence-corrected chi connectivity index (χ0v) is 11.8. The van der Waals surface area contributed by atoms with Gasteiger partial charge in [-0.05, 0) is 36.8 Å². The molecule has 0 unspecified atom stereocenters. The van der Waals surface area contributed by atoms with Crippen molar-refractivity contribution < 1.29 is 4.39 Å². The third-order valence-corrected chi connectivity index (χ3v) is 4.10. The summed E-state index contributed by atoms with van der Waals surface area (Å²) in [7, 11) is 0. The van der Waals surface area contributed by atoms with E-state index in [1.807, 2.05) is 35.9 Å². The van der Waals surface area contributed by atoms with Crippen LogP contribution in [0.2, 0.25) is 0 Å². The van der Waals surface area contributed by atoms with Crippen LogP contribution in [0.15, 0.2) is 47.6 Å². The quantitative estimate of drug-likeness (QED) is 0.590. The molecule has 0 spiro atoms. The van der Waals surface area contributed by atoms with Crippen LogP contribution in [0.1, 0.15) is 11.3 Å². The van der Waals surface area contributed by atoms with Crippen molar-refractivity contribution in [1.82, 2.24) is 9.38 Å². The summed E-state index contributed by atoms with van der Waals surface area (Å²) in [6.45, 7) is 2.04. The summed E-state index contributed by atoms with van der Waals surface area (Å²) >= 11 is 1.49. The predicted octanol–water partition coefficient (Wildman–Crippen LogP) is 3.66. The Kier molecular flexibility index (Phi) is 3.36. The summed E-state index contributed by atoms with van der Waals surface area (Å²) in [5, 5.41) is 0. The van der Waals surface area contributed by atoms with Crippen LogP contribution in [0.4, 0.5) is 10.1 Å². The molecular formula is C15H14FN3S. The van der Waals surface area contributed by atoms with Crippen LogP contribution in [0, 0.1) is 12.7 Å². The number of anilines is 1. The Labute approximate surface area is 120 Å². The molecule has 3 rings (SSSR count). The average Bonchev–Trinajstić information content (AvgIpc) is 2.81. The minimum Gasteiger partial charge on any atom is -0.398 e. The highest BCUT2D eigenvalue weighted by atomic mass is 32.2. The Hall–Kier alpha value is -2.01. The molecule has 2 N–H and O–H groups in total. The van der Waals surface area contributed by atoms with Gasteiger partial charge in [-0.15, -0.1) is 11.8 Å². The van der Waals surface area contributed by atoms with E-state index in [1.54, 1.807) is 6.07 Å². The lowest BCUT2D eigenvalue weighted by atomic mass is 10.3. The number of pyridine rings is 1. The number of aromatic nitrogens is 2. The maximum Gasteiger partial charge on any atom is 0.137 e. The average molecular weight is 287 g/mol. The first kappa shape index (κ1) is 13.0. The molecule has 20 heavy (non-hydrogen) atoms. The molecule has 0 atom stereocenters. The lowest BCUT2D eigenvalue weighted by Gasteiger charge is -2.03. The summed E-state index contributed by atoms with van der Waals surface area (Å²) in [6, 6.07) is 8.43. The first-order valence-corrected chi connectivity index (χ1v) is 7.22. The fourth-order valence-electron chi connectivity index (χ4n) is 2.01. The second-order valence-corrected chi connectivity index (χ2v) is 5.69. The third-order valence-electron chi connectivity index (χ3n) is 3.00. The van der Waals surface area contributed by atoms with Crippen molar-refractivity contribution >= 4 is 23.1 Å². The molecule has 0 saturated carbocycles. The summed E-state index contributed by atoms with van der Waals surface area (Å²) in [4.78, 5) is 5.28. The number of nitrogens with two attached hydrogens (primary N) is 1. The van der Waals surface area contributed by atoms with Crippen molar-refractivity contribution in [1.29, 1.82) is 0 Å². The predicted molar refractivity (Wildman–Crippen MR) is 80.3 cm³/mol. The maximum atomic E-state index is 13.2. The normalized spacial score (nSPS) is 11.1. The minimum atomic E-state index is -0.271. The molecule has 0 radical (unpaired) electrons. The zero-order valence-electron chi connectivity index (χ0n) is 11.0. The van der Waals surface area contributed by atoms with Gasteiger partial charge in [-0.25, -0.2) is 9.37 Å². The van der Waals surface area contributed by atoms with E-state index < -0.39 is 0 Å². The van der Waals surface area contributed by atoms with Crippen molar-refractivity contribution in [2.75, 3.05) is 5.73 Å². The molecule has 102 valence electrons. The van der Waals surface area contributed by atoms with Crippen LogP contribution in [-0.4, -0.2) is 9.38 Å². The highest BCUT2D eigenvalue weighted by Crippen LogP contribution is 2.28. The van der Waals surface area contributed by atoms with E-state index in [4.69, 9.17) is 5.73 Å². The second kappa shape index (κ2) is 5.17. The Morgan fingerprint density at radius 1 is 1.25 bits per heavy atom. The monoisotopic (exact) mass is 287 g/mol. The smallest absolute Gasteiger partial charge is 0.137 e. The van der Waals surface area contributed by atoms with Crippen LogP contribution in [0.3, 0.4) is 0 Å². The van der Waals surface area contributed by atoms with Gasteiger partial charge in [-0.1, -0.05) is 6.07 Å². The Morgan fingerprint density at radius 3 is 2.95 bits per heavy atom. The van der Waals surface area contributed by atoms with Gasteiger partial charge in [0.1, 0.15) is 11.5 Å². The van der Waals surface area contributed by atoms with Crippen molar-refractivity contribution in [3.63, 3.8) is 0 Å². The first-order valence-electron chi connectivity index (χ1n) is 6.24. The Bertz CT molecular complexity index is 767. The van der Waals surface area contributed by atoms with E-state index in [-0.39, 0.29) is 5.82 Å². The topological polar surface area (TPSA) is 43.3 Å².